The quantitative estimate of drug-likeness (QED) is 0.0887. The third kappa shape index (κ3) is 9.66. The van der Waals surface area contributed by atoms with Crippen LogP contribution in [0.25, 0.3) is 33.9 Å². The highest BCUT2D eigenvalue weighted by atomic mass is 31.2. The molecule has 0 aliphatic heterocycles. The largest absolute Gasteiger partial charge is 0.507 e. The number of nitrogens with zero attached hydrogens (tertiary/aromatic N) is 3. The van der Waals surface area contributed by atoms with Crippen molar-refractivity contribution in [2.45, 2.75) is 66.2 Å². The number of aromatic nitrogens is 2. The summed E-state index contributed by atoms with van der Waals surface area (Å²) in [6, 6.07) is 17.6. The van der Waals surface area contributed by atoms with Gasteiger partial charge in [0, 0.05) is 52.3 Å². The SMILES string of the molecule is CCN(C(=O)CP(=O)(O)O)c1ccc(-c2nc(-c3cc(C(C)(C)C)c(O)c(C(C)(C)C)c3)[nH]c2-c2ccc(N(CC)C(=O)CP(=O)(O)O)cc2)cc1. The fraction of sp³-hybridized carbons (Fsp3) is 0.378. The number of aromatic hydroxyl groups is 1. The van der Waals surface area contributed by atoms with Gasteiger partial charge in [0.15, 0.2) is 0 Å². The summed E-state index contributed by atoms with van der Waals surface area (Å²) in [7, 11) is -9.14. The van der Waals surface area contributed by atoms with Crippen molar-refractivity contribution < 1.29 is 43.4 Å². The summed E-state index contributed by atoms with van der Waals surface area (Å²) in [5, 5.41) is 11.4. The second-order valence-corrected chi connectivity index (χ2v) is 18.0. The first-order chi connectivity index (χ1) is 23.9. The minimum atomic E-state index is -4.57. The van der Waals surface area contributed by atoms with E-state index in [1.807, 2.05) is 53.7 Å². The Labute approximate surface area is 304 Å². The van der Waals surface area contributed by atoms with Crippen LogP contribution < -0.4 is 9.80 Å². The maximum absolute atomic E-state index is 12.7. The summed E-state index contributed by atoms with van der Waals surface area (Å²) in [6.07, 6.45) is -1.82. The molecule has 2 amide bonds. The number of carbonyl (C=O) groups excluding carboxylic acids is 2. The van der Waals surface area contributed by atoms with Crippen molar-refractivity contribution >= 4 is 38.4 Å². The molecule has 0 bridgehead atoms. The Balaban J connectivity index is 1.89. The molecule has 0 spiro atoms. The highest BCUT2D eigenvalue weighted by Gasteiger charge is 2.29. The van der Waals surface area contributed by atoms with Gasteiger partial charge in [0.2, 0.25) is 11.8 Å². The molecule has 280 valence electrons. The van der Waals surface area contributed by atoms with Gasteiger partial charge in [0.25, 0.3) is 0 Å². The van der Waals surface area contributed by atoms with Crippen LogP contribution in [0.1, 0.15) is 66.5 Å². The molecule has 1 heterocycles. The molecule has 0 aliphatic rings. The van der Waals surface area contributed by atoms with Crippen molar-refractivity contribution in [2.24, 2.45) is 0 Å². The van der Waals surface area contributed by atoms with Gasteiger partial charge >= 0.3 is 15.2 Å². The van der Waals surface area contributed by atoms with E-state index in [1.165, 1.54) is 9.80 Å². The zero-order valence-corrected chi connectivity index (χ0v) is 32.5. The van der Waals surface area contributed by atoms with Gasteiger partial charge in [0.05, 0.1) is 11.4 Å². The van der Waals surface area contributed by atoms with E-state index in [-0.39, 0.29) is 18.8 Å². The van der Waals surface area contributed by atoms with Crippen LogP contribution in [-0.4, -0.2) is 71.9 Å². The van der Waals surface area contributed by atoms with Crippen molar-refractivity contribution in [1.82, 2.24) is 9.97 Å². The number of imidazole rings is 1. The Kier molecular flexibility index (Phi) is 11.8. The molecule has 0 unspecified atom stereocenters. The topological polar surface area (TPSA) is 205 Å². The van der Waals surface area contributed by atoms with Crippen LogP contribution in [0, 0.1) is 0 Å². The summed E-state index contributed by atoms with van der Waals surface area (Å²) < 4.78 is 23.1. The van der Waals surface area contributed by atoms with Crippen molar-refractivity contribution in [3.05, 3.63) is 71.8 Å². The van der Waals surface area contributed by atoms with E-state index in [1.54, 1.807) is 62.4 Å². The summed E-state index contributed by atoms with van der Waals surface area (Å²) in [6.45, 7) is 16.0. The summed E-state index contributed by atoms with van der Waals surface area (Å²) in [4.78, 5) is 74.0. The predicted octanol–water partition coefficient (Wildman–Crippen LogP) is 6.77. The standard InChI is InChI=1S/C37H48N4O9P2/c1-9-40(30(42)21-51(45,46)47)26-15-11-23(12-16-26)32-33(24-13-17-27(18-14-24)41(10-2)31(43)22-52(48,49)50)39-35(38-32)25-19-28(36(3,4)5)34(44)29(20-25)37(6,7)8/h11-20,44H,9-10,21-22H2,1-8H3,(H,38,39)(H2,45,46,47)(H2,48,49,50). The second-order valence-electron chi connectivity index (χ2n) is 14.7. The third-order valence-corrected chi connectivity index (χ3v) is 9.91. The number of hydrogen-bond donors (Lipinski definition) is 6. The number of hydrogen-bond acceptors (Lipinski definition) is 6. The zero-order chi connectivity index (χ0) is 39.0. The van der Waals surface area contributed by atoms with Crippen LogP contribution in [0.3, 0.4) is 0 Å². The van der Waals surface area contributed by atoms with Gasteiger partial charge in [-0.25, -0.2) is 4.98 Å². The van der Waals surface area contributed by atoms with E-state index in [4.69, 9.17) is 4.98 Å². The van der Waals surface area contributed by atoms with Gasteiger partial charge in [-0.2, -0.15) is 0 Å². The molecule has 4 rings (SSSR count). The minimum absolute atomic E-state index is 0.195. The number of phenols is 1. The Morgan fingerprint density at radius 2 is 1.06 bits per heavy atom. The highest BCUT2D eigenvalue weighted by Crippen LogP contribution is 2.43. The van der Waals surface area contributed by atoms with Crippen molar-refractivity contribution in [1.29, 1.82) is 0 Å². The van der Waals surface area contributed by atoms with Gasteiger partial charge in [-0.1, -0.05) is 65.8 Å². The van der Waals surface area contributed by atoms with Crippen molar-refractivity contribution in [2.75, 3.05) is 35.2 Å². The Bertz CT molecular complexity index is 1890. The number of H-pyrrole nitrogens is 1. The zero-order valence-electron chi connectivity index (χ0n) is 30.7. The lowest BCUT2D eigenvalue weighted by Crippen LogP contribution is -2.32. The Morgan fingerprint density at radius 1 is 0.673 bits per heavy atom. The number of carbonyl (C=O) groups is 2. The fourth-order valence-corrected chi connectivity index (χ4v) is 7.02. The molecule has 1 aromatic heterocycles. The molecule has 3 aromatic carbocycles. The number of aromatic amines is 1. The van der Waals surface area contributed by atoms with E-state index in [0.29, 0.717) is 39.7 Å². The van der Waals surface area contributed by atoms with Crippen LogP contribution in [0.5, 0.6) is 5.75 Å². The lowest BCUT2D eigenvalue weighted by atomic mass is 9.78. The normalized spacial score (nSPS) is 12.5. The maximum Gasteiger partial charge on any atom is 0.334 e. The van der Waals surface area contributed by atoms with E-state index in [0.717, 1.165) is 16.7 Å². The second kappa shape index (κ2) is 15.1. The van der Waals surface area contributed by atoms with Crippen LogP contribution in [0.4, 0.5) is 11.4 Å². The summed E-state index contributed by atoms with van der Waals surface area (Å²) >= 11 is 0. The number of amides is 2. The van der Waals surface area contributed by atoms with E-state index in [2.05, 4.69) is 4.98 Å². The highest BCUT2D eigenvalue weighted by molar-refractivity contribution is 7.53. The summed E-state index contributed by atoms with van der Waals surface area (Å²) in [5.41, 5.74) is 4.90. The molecule has 4 aromatic rings. The molecular formula is C37H48N4O9P2. The third-order valence-electron chi connectivity index (χ3n) is 8.54. The molecule has 0 saturated carbocycles. The molecule has 0 fully saturated rings. The Morgan fingerprint density at radius 3 is 1.40 bits per heavy atom. The number of benzene rings is 3. The number of nitrogens with one attached hydrogen (secondary N) is 1. The first-order valence-electron chi connectivity index (χ1n) is 16.8. The first kappa shape index (κ1) is 40.7. The molecule has 15 heteroatoms. The number of phenolic OH excluding ortho intramolecular Hbond substituents is 1. The molecule has 0 aliphatic carbocycles. The molecule has 0 radical (unpaired) electrons. The van der Waals surface area contributed by atoms with Gasteiger partial charge in [-0.3, -0.25) is 18.7 Å². The molecule has 52 heavy (non-hydrogen) atoms. The van der Waals surface area contributed by atoms with Crippen molar-refractivity contribution in [3.63, 3.8) is 0 Å². The summed E-state index contributed by atoms with van der Waals surface area (Å²) in [5.74, 6) is -0.661. The molecular weight excluding hydrogens is 706 g/mol. The number of rotatable bonds is 11. The van der Waals surface area contributed by atoms with Crippen molar-refractivity contribution in [3.8, 4) is 39.7 Å². The Hall–Kier alpha value is -4.09. The van der Waals surface area contributed by atoms with Gasteiger partial charge in [0.1, 0.15) is 23.9 Å². The van der Waals surface area contributed by atoms with Gasteiger partial charge in [-0.05, 0) is 61.1 Å². The number of anilines is 2. The molecule has 6 N–H and O–H groups in total. The average Bonchev–Trinajstić information content (AvgIpc) is 3.45. The smallest absolute Gasteiger partial charge is 0.334 e. The first-order valence-corrected chi connectivity index (χ1v) is 20.4. The molecule has 0 atom stereocenters. The van der Waals surface area contributed by atoms with Crippen LogP contribution in [0.15, 0.2) is 60.7 Å². The molecule has 0 saturated heterocycles. The average molecular weight is 755 g/mol. The lowest BCUT2D eigenvalue weighted by molar-refractivity contribution is -0.117. The van der Waals surface area contributed by atoms with Crippen LogP contribution in [0.2, 0.25) is 0 Å². The van der Waals surface area contributed by atoms with Crippen LogP contribution >= 0.6 is 15.2 Å². The van der Waals surface area contributed by atoms with Gasteiger partial charge < -0.3 is 39.5 Å². The minimum Gasteiger partial charge on any atom is -0.507 e. The predicted molar refractivity (Wildman–Crippen MR) is 204 cm³/mol. The maximum atomic E-state index is 12.7. The van der Waals surface area contributed by atoms with E-state index in [9.17, 15) is 43.4 Å². The van der Waals surface area contributed by atoms with Crippen LogP contribution in [-0.2, 0) is 29.5 Å². The van der Waals surface area contributed by atoms with E-state index >= 15 is 0 Å². The van der Waals surface area contributed by atoms with Gasteiger partial charge in [-0.15, -0.1) is 0 Å². The van der Waals surface area contributed by atoms with E-state index < -0.39 is 50.2 Å². The monoisotopic (exact) mass is 754 g/mol. The lowest BCUT2D eigenvalue weighted by Gasteiger charge is -2.28. The fourth-order valence-electron chi connectivity index (χ4n) is 5.98. The molecule has 13 nitrogen and oxygen atoms in total.